The third-order valence-electron chi connectivity index (χ3n) is 3.28. The molecule has 2 heterocycles. The maximum atomic E-state index is 13.8. The summed E-state index contributed by atoms with van der Waals surface area (Å²) in [7, 11) is 0. The van der Waals surface area contributed by atoms with Gasteiger partial charge in [-0.1, -0.05) is 0 Å². The third-order valence-corrected chi connectivity index (χ3v) is 3.28. The van der Waals surface area contributed by atoms with Gasteiger partial charge >= 0.3 is 0 Å². The number of nitrogens with zero attached hydrogens (tertiary/aromatic N) is 3. The fraction of sp³-hybridized carbons (Fsp3) is 0.417. The maximum Gasteiger partial charge on any atom is 0.270 e. The van der Waals surface area contributed by atoms with Gasteiger partial charge < -0.3 is 4.74 Å². The predicted octanol–water partition coefficient (Wildman–Crippen LogP) is 2.78. The normalized spacial score (nSPS) is 19.7. The van der Waals surface area contributed by atoms with Gasteiger partial charge in [-0.2, -0.15) is 4.39 Å². The number of nitro groups is 1. The summed E-state index contributed by atoms with van der Waals surface area (Å²) >= 11 is 0. The van der Waals surface area contributed by atoms with Crippen LogP contribution in [0.4, 0.5) is 10.1 Å². The van der Waals surface area contributed by atoms with Crippen molar-refractivity contribution < 1.29 is 14.1 Å². The molecule has 0 bridgehead atoms. The van der Waals surface area contributed by atoms with E-state index >= 15 is 0 Å². The molecular formula is C12H12FN3O3. The first-order valence-corrected chi connectivity index (χ1v) is 6.10. The van der Waals surface area contributed by atoms with Crippen LogP contribution in [0, 0.1) is 16.1 Å². The molecule has 100 valence electrons. The van der Waals surface area contributed by atoms with E-state index in [9.17, 15) is 14.5 Å². The minimum absolute atomic E-state index is 0.143. The summed E-state index contributed by atoms with van der Waals surface area (Å²) in [6.07, 6.45) is 2.47. The van der Waals surface area contributed by atoms with Crippen molar-refractivity contribution in [3.05, 3.63) is 34.3 Å². The number of aromatic nitrogens is 2. The number of hydrogen-bond donors (Lipinski definition) is 0. The molecule has 6 nitrogen and oxygen atoms in total. The Morgan fingerprint density at radius 3 is 3.00 bits per heavy atom. The molecule has 0 radical (unpaired) electrons. The molecule has 1 aliphatic heterocycles. The Morgan fingerprint density at radius 2 is 2.32 bits per heavy atom. The van der Waals surface area contributed by atoms with E-state index in [-0.39, 0.29) is 17.3 Å². The van der Waals surface area contributed by atoms with Crippen molar-refractivity contribution in [2.45, 2.75) is 25.5 Å². The van der Waals surface area contributed by atoms with Crippen LogP contribution in [0.15, 0.2) is 18.2 Å². The Hall–Kier alpha value is -2.02. The summed E-state index contributed by atoms with van der Waals surface area (Å²) in [6.45, 7) is 0.626. The fourth-order valence-corrected chi connectivity index (χ4v) is 2.34. The van der Waals surface area contributed by atoms with Crippen molar-refractivity contribution in [3.8, 4) is 0 Å². The number of ether oxygens (including phenoxy) is 1. The Labute approximate surface area is 107 Å². The van der Waals surface area contributed by atoms with Gasteiger partial charge in [0.25, 0.3) is 5.69 Å². The lowest BCUT2D eigenvalue weighted by Crippen LogP contribution is -2.19. The summed E-state index contributed by atoms with van der Waals surface area (Å²) in [5.74, 6) is -0.701. The maximum absolute atomic E-state index is 13.8. The van der Waals surface area contributed by atoms with E-state index in [1.165, 1.54) is 22.9 Å². The molecule has 1 unspecified atom stereocenters. The molecular weight excluding hydrogens is 253 g/mol. The van der Waals surface area contributed by atoms with Crippen molar-refractivity contribution in [1.29, 1.82) is 0 Å². The van der Waals surface area contributed by atoms with Gasteiger partial charge in [0.1, 0.15) is 0 Å². The standard InChI is InChI=1S/C12H12FN3O3/c13-12-9-7-8(16(17)18)4-5-10(9)15(14-12)11-3-1-2-6-19-11/h4-5,7,11H,1-3,6H2. The quantitative estimate of drug-likeness (QED) is 0.618. The van der Waals surface area contributed by atoms with Crippen LogP contribution in [0.2, 0.25) is 0 Å². The molecule has 1 fully saturated rings. The molecule has 0 aliphatic carbocycles. The smallest absolute Gasteiger partial charge is 0.270 e. The van der Waals surface area contributed by atoms with Crippen LogP contribution < -0.4 is 0 Å². The van der Waals surface area contributed by atoms with Crippen LogP contribution in [0.5, 0.6) is 0 Å². The second kappa shape index (κ2) is 4.58. The average molecular weight is 265 g/mol. The number of halogens is 1. The second-order valence-corrected chi connectivity index (χ2v) is 4.52. The van der Waals surface area contributed by atoms with E-state index in [2.05, 4.69) is 5.10 Å². The van der Waals surface area contributed by atoms with Gasteiger partial charge in [0, 0.05) is 18.7 Å². The van der Waals surface area contributed by atoms with Crippen LogP contribution in [-0.4, -0.2) is 21.3 Å². The zero-order chi connectivity index (χ0) is 13.4. The van der Waals surface area contributed by atoms with E-state index in [1.54, 1.807) is 0 Å². The molecule has 0 saturated carbocycles. The number of non-ortho nitro benzene ring substituents is 1. The minimum atomic E-state index is -0.701. The van der Waals surface area contributed by atoms with Crippen LogP contribution in [0.1, 0.15) is 25.5 Å². The lowest BCUT2D eigenvalue weighted by atomic mass is 10.2. The average Bonchev–Trinajstić information content (AvgIpc) is 2.77. The van der Waals surface area contributed by atoms with E-state index in [4.69, 9.17) is 4.74 Å². The number of benzene rings is 1. The molecule has 0 spiro atoms. The first-order valence-electron chi connectivity index (χ1n) is 6.10. The third kappa shape index (κ3) is 2.06. The van der Waals surface area contributed by atoms with Gasteiger partial charge in [0.15, 0.2) is 6.23 Å². The van der Waals surface area contributed by atoms with Crippen LogP contribution >= 0.6 is 0 Å². The summed E-state index contributed by atoms with van der Waals surface area (Å²) in [5, 5.41) is 14.7. The van der Waals surface area contributed by atoms with Crippen molar-refractivity contribution >= 4 is 16.6 Å². The van der Waals surface area contributed by atoms with Crippen molar-refractivity contribution in [2.24, 2.45) is 0 Å². The van der Waals surface area contributed by atoms with Crippen molar-refractivity contribution in [2.75, 3.05) is 6.61 Å². The number of nitro benzene ring substituents is 1. The van der Waals surface area contributed by atoms with Gasteiger partial charge in [-0.3, -0.25) is 10.1 Å². The largest absolute Gasteiger partial charge is 0.356 e. The van der Waals surface area contributed by atoms with E-state index in [0.717, 1.165) is 19.3 Å². The van der Waals surface area contributed by atoms with E-state index in [1.807, 2.05) is 0 Å². The summed E-state index contributed by atoms with van der Waals surface area (Å²) in [6, 6.07) is 4.07. The molecule has 0 amide bonds. The highest BCUT2D eigenvalue weighted by molar-refractivity contribution is 5.81. The van der Waals surface area contributed by atoms with Gasteiger partial charge in [0.2, 0.25) is 5.95 Å². The molecule has 1 aromatic heterocycles. The molecule has 7 heteroatoms. The number of hydrogen-bond acceptors (Lipinski definition) is 4. The van der Waals surface area contributed by atoms with Gasteiger partial charge in [-0.05, 0) is 25.3 Å². The fourth-order valence-electron chi connectivity index (χ4n) is 2.34. The van der Waals surface area contributed by atoms with Gasteiger partial charge in [-0.15, -0.1) is 5.10 Å². The van der Waals surface area contributed by atoms with E-state index < -0.39 is 10.9 Å². The highest BCUT2D eigenvalue weighted by atomic mass is 19.1. The lowest BCUT2D eigenvalue weighted by molar-refractivity contribution is -0.384. The molecule has 19 heavy (non-hydrogen) atoms. The second-order valence-electron chi connectivity index (χ2n) is 4.52. The Bertz CT molecular complexity index is 634. The van der Waals surface area contributed by atoms with E-state index in [0.29, 0.717) is 12.1 Å². The zero-order valence-corrected chi connectivity index (χ0v) is 10.1. The molecule has 1 aromatic carbocycles. The lowest BCUT2D eigenvalue weighted by Gasteiger charge is -2.23. The Balaban J connectivity index is 2.08. The Kier molecular flexibility index (Phi) is 2.90. The SMILES string of the molecule is O=[N+]([O-])c1ccc2c(c1)c(F)nn2C1CCCCO1. The van der Waals surface area contributed by atoms with Crippen LogP contribution in [0.3, 0.4) is 0 Å². The van der Waals surface area contributed by atoms with Crippen molar-refractivity contribution in [1.82, 2.24) is 9.78 Å². The predicted molar refractivity (Wildman–Crippen MR) is 65.2 cm³/mol. The summed E-state index contributed by atoms with van der Waals surface area (Å²) in [4.78, 5) is 10.1. The molecule has 2 aromatic rings. The van der Waals surface area contributed by atoms with Gasteiger partial charge in [0.05, 0.1) is 15.8 Å². The van der Waals surface area contributed by atoms with Crippen LogP contribution in [-0.2, 0) is 4.74 Å². The summed E-state index contributed by atoms with van der Waals surface area (Å²) < 4.78 is 20.8. The number of fused-ring (bicyclic) bond motifs is 1. The number of rotatable bonds is 2. The van der Waals surface area contributed by atoms with Crippen molar-refractivity contribution in [3.63, 3.8) is 0 Å². The molecule has 1 atom stereocenters. The van der Waals surface area contributed by atoms with Gasteiger partial charge in [-0.25, -0.2) is 4.68 Å². The Morgan fingerprint density at radius 1 is 1.47 bits per heavy atom. The molecule has 1 aliphatic rings. The molecule has 3 rings (SSSR count). The highest BCUT2D eigenvalue weighted by Gasteiger charge is 2.22. The van der Waals surface area contributed by atoms with Crippen LogP contribution in [0.25, 0.3) is 10.9 Å². The topological polar surface area (TPSA) is 70.2 Å². The monoisotopic (exact) mass is 265 g/mol. The minimum Gasteiger partial charge on any atom is -0.356 e. The summed E-state index contributed by atoms with van der Waals surface area (Å²) in [5.41, 5.74) is 0.380. The zero-order valence-electron chi connectivity index (χ0n) is 10.1. The first kappa shape index (κ1) is 12.0. The first-order chi connectivity index (χ1) is 9.16. The molecule has 1 saturated heterocycles. The highest BCUT2D eigenvalue weighted by Crippen LogP contribution is 2.29. The molecule has 0 N–H and O–H groups in total.